The first-order valence-electron chi connectivity index (χ1n) is 9.02. The molecule has 0 unspecified atom stereocenters. The van der Waals surface area contributed by atoms with Crippen LogP contribution in [0.3, 0.4) is 0 Å². The maximum Gasteiger partial charge on any atom is 0.336 e. The van der Waals surface area contributed by atoms with Crippen molar-refractivity contribution in [3.63, 3.8) is 0 Å². The molecule has 0 saturated carbocycles. The lowest BCUT2D eigenvalue weighted by atomic mass is 10.0. The fraction of sp³-hybridized carbons (Fsp3) is 0.136. The summed E-state index contributed by atoms with van der Waals surface area (Å²) in [4.78, 5) is 62.1. The number of fused-ring (bicyclic) bond motifs is 2. The Bertz CT molecular complexity index is 1280. The van der Waals surface area contributed by atoms with Crippen LogP contribution in [0.15, 0.2) is 51.7 Å². The maximum atomic E-state index is 12.5. The second-order valence-electron chi connectivity index (χ2n) is 6.84. The molecule has 0 bridgehead atoms. The van der Waals surface area contributed by atoms with Crippen LogP contribution < -0.4 is 10.4 Å². The van der Waals surface area contributed by atoms with E-state index in [1.807, 2.05) is 0 Å². The summed E-state index contributed by atoms with van der Waals surface area (Å²) in [5.74, 6) is -2.71. The van der Waals surface area contributed by atoms with E-state index in [1.165, 1.54) is 31.2 Å². The van der Waals surface area contributed by atoms with Gasteiger partial charge >= 0.3 is 11.6 Å². The van der Waals surface area contributed by atoms with Gasteiger partial charge in [0.05, 0.1) is 11.1 Å². The topological polar surface area (TPSA) is 111 Å². The zero-order valence-electron chi connectivity index (χ0n) is 16.1. The Hall–Kier alpha value is -4.07. The van der Waals surface area contributed by atoms with Crippen molar-refractivity contribution in [1.82, 2.24) is 4.90 Å². The van der Waals surface area contributed by atoms with E-state index >= 15 is 0 Å². The van der Waals surface area contributed by atoms with E-state index in [1.54, 1.807) is 25.1 Å². The Morgan fingerprint density at radius 1 is 1.00 bits per heavy atom. The van der Waals surface area contributed by atoms with Crippen LogP contribution in [0.1, 0.15) is 43.6 Å². The molecule has 1 aliphatic rings. The summed E-state index contributed by atoms with van der Waals surface area (Å²) in [6.45, 7) is 2.31. The summed E-state index contributed by atoms with van der Waals surface area (Å²) in [5, 5.41) is 0.528. The highest BCUT2D eigenvalue weighted by Crippen LogP contribution is 2.30. The number of ketones is 1. The molecule has 1 aliphatic heterocycles. The van der Waals surface area contributed by atoms with Crippen LogP contribution in [0.25, 0.3) is 11.0 Å². The molecule has 3 aromatic rings. The van der Waals surface area contributed by atoms with Crippen molar-refractivity contribution in [1.29, 1.82) is 0 Å². The van der Waals surface area contributed by atoms with Gasteiger partial charge in [-0.1, -0.05) is 12.1 Å². The number of amides is 2. The van der Waals surface area contributed by atoms with Crippen molar-refractivity contribution in [3.05, 3.63) is 75.1 Å². The lowest BCUT2D eigenvalue weighted by Gasteiger charge is -2.14. The average molecular weight is 405 g/mol. The van der Waals surface area contributed by atoms with Crippen molar-refractivity contribution in [3.8, 4) is 5.75 Å². The second-order valence-corrected chi connectivity index (χ2v) is 6.84. The molecule has 0 atom stereocenters. The number of rotatable bonds is 4. The zero-order chi connectivity index (χ0) is 21.6. The van der Waals surface area contributed by atoms with Gasteiger partial charge in [-0.3, -0.25) is 19.3 Å². The molecule has 1 aromatic heterocycles. The maximum absolute atomic E-state index is 12.5. The highest BCUT2D eigenvalue weighted by atomic mass is 16.5. The zero-order valence-corrected chi connectivity index (χ0v) is 16.1. The lowest BCUT2D eigenvalue weighted by molar-refractivity contribution is -0.134. The summed E-state index contributed by atoms with van der Waals surface area (Å²) in [5.41, 5.74) is 0.331. The number of imide groups is 1. The van der Waals surface area contributed by atoms with Gasteiger partial charge < -0.3 is 9.15 Å². The number of nitrogens with zero attached hydrogens (tertiary/aromatic N) is 1. The molecule has 150 valence electrons. The van der Waals surface area contributed by atoms with Crippen LogP contribution in [0.5, 0.6) is 5.75 Å². The van der Waals surface area contributed by atoms with Gasteiger partial charge in [0.15, 0.2) is 11.4 Å². The Kier molecular flexibility index (Phi) is 4.54. The Balaban J connectivity index is 1.65. The number of esters is 1. The van der Waals surface area contributed by atoms with Gasteiger partial charge in [0, 0.05) is 11.5 Å². The quantitative estimate of drug-likeness (QED) is 0.216. The van der Waals surface area contributed by atoms with E-state index in [0.29, 0.717) is 10.9 Å². The molecular formula is C22H15NO7. The normalized spacial score (nSPS) is 12.9. The summed E-state index contributed by atoms with van der Waals surface area (Å²) in [6, 6.07) is 10.5. The molecule has 2 heterocycles. The van der Waals surface area contributed by atoms with E-state index in [-0.39, 0.29) is 28.0 Å². The van der Waals surface area contributed by atoms with Crippen LogP contribution in [-0.2, 0) is 4.79 Å². The number of aryl methyl sites for hydroxylation is 1. The number of benzene rings is 2. The first kappa shape index (κ1) is 19.3. The average Bonchev–Trinajstić information content (AvgIpc) is 2.92. The molecule has 0 fully saturated rings. The van der Waals surface area contributed by atoms with Gasteiger partial charge in [-0.2, -0.15) is 0 Å². The third-order valence-electron chi connectivity index (χ3n) is 4.82. The third-order valence-corrected chi connectivity index (χ3v) is 4.82. The van der Waals surface area contributed by atoms with E-state index in [9.17, 15) is 24.0 Å². The highest BCUT2D eigenvalue weighted by molar-refractivity contribution is 6.22. The Labute approximate surface area is 169 Å². The molecule has 0 spiro atoms. The molecule has 0 aliphatic carbocycles. The molecule has 2 aromatic carbocycles. The molecular weight excluding hydrogens is 390 g/mol. The van der Waals surface area contributed by atoms with E-state index in [0.717, 1.165) is 4.90 Å². The largest absolute Gasteiger partial charge is 0.424 e. The summed E-state index contributed by atoms with van der Waals surface area (Å²) >= 11 is 0. The third kappa shape index (κ3) is 3.08. The van der Waals surface area contributed by atoms with Crippen molar-refractivity contribution >= 4 is 34.5 Å². The van der Waals surface area contributed by atoms with Crippen LogP contribution in [-0.4, -0.2) is 35.0 Å². The van der Waals surface area contributed by atoms with Gasteiger partial charge in [-0.15, -0.1) is 0 Å². The lowest BCUT2D eigenvalue weighted by Crippen LogP contribution is -2.36. The van der Waals surface area contributed by atoms with Crippen LogP contribution in [0.4, 0.5) is 0 Å². The Morgan fingerprint density at radius 3 is 2.23 bits per heavy atom. The summed E-state index contributed by atoms with van der Waals surface area (Å²) < 4.78 is 10.5. The van der Waals surface area contributed by atoms with Gasteiger partial charge in [0.25, 0.3) is 11.8 Å². The minimum absolute atomic E-state index is 0.0125. The second kappa shape index (κ2) is 7.07. The van der Waals surface area contributed by atoms with Gasteiger partial charge in [0.1, 0.15) is 17.9 Å². The molecule has 0 N–H and O–H groups in total. The van der Waals surface area contributed by atoms with Crippen molar-refractivity contribution in [2.75, 3.05) is 6.54 Å². The number of ether oxygens (including phenoxy) is 1. The molecule has 4 rings (SSSR count). The van der Waals surface area contributed by atoms with E-state index < -0.39 is 35.7 Å². The standard InChI is InChI=1S/C22H15NO7/c1-11-9-17(25)30-20-13(11)7-8-16(19(20)12(2)24)29-18(26)10-23-21(27)14-5-3-4-6-15(14)22(23)28/h3-9H,10H2,1-2H3. The van der Waals surface area contributed by atoms with Crippen LogP contribution in [0, 0.1) is 6.92 Å². The number of carbonyl (C=O) groups is 4. The van der Waals surface area contributed by atoms with Crippen molar-refractivity contribution in [2.45, 2.75) is 13.8 Å². The molecule has 8 nitrogen and oxygen atoms in total. The fourth-order valence-electron chi connectivity index (χ4n) is 3.45. The molecule has 0 saturated heterocycles. The summed E-state index contributed by atoms with van der Waals surface area (Å²) in [6.07, 6.45) is 0. The predicted molar refractivity (Wildman–Crippen MR) is 105 cm³/mol. The van der Waals surface area contributed by atoms with Crippen LogP contribution in [0.2, 0.25) is 0 Å². The van der Waals surface area contributed by atoms with Crippen LogP contribution >= 0.6 is 0 Å². The molecule has 2 amide bonds. The first-order chi connectivity index (χ1) is 14.3. The van der Waals surface area contributed by atoms with E-state index in [2.05, 4.69) is 0 Å². The highest BCUT2D eigenvalue weighted by Gasteiger charge is 2.36. The van der Waals surface area contributed by atoms with Crippen molar-refractivity contribution < 1.29 is 28.3 Å². The monoisotopic (exact) mass is 405 g/mol. The molecule has 30 heavy (non-hydrogen) atoms. The fourth-order valence-corrected chi connectivity index (χ4v) is 3.45. The minimum atomic E-state index is -0.915. The number of carbonyl (C=O) groups excluding carboxylic acids is 4. The molecule has 0 radical (unpaired) electrons. The SMILES string of the molecule is CC(=O)c1c(OC(=O)CN2C(=O)c3ccccc3C2=O)ccc2c(C)cc(=O)oc12. The van der Waals surface area contributed by atoms with Gasteiger partial charge in [-0.25, -0.2) is 9.59 Å². The first-order valence-corrected chi connectivity index (χ1v) is 9.02. The summed E-state index contributed by atoms with van der Waals surface area (Å²) in [7, 11) is 0. The Morgan fingerprint density at radius 2 is 1.63 bits per heavy atom. The smallest absolute Gasteiger partial charge is 0.336 e. The van der Waals surface area contributed by atoms with Gasteiger partial charge in [0.2, 0.25) is 0 Å². The van der Waals surface area contributed by atoms with E-state index in [4.69, 9.17) is 9.15 Å². The predicted octanol–water partition coefficient (Wildman–Crippen LogP) is 2.51. The number of Topliss-reactive ketones (excluding diaryl/α,β-unsaturated/α-hetero) is 1. The number of hydrogen-bond donors (Lipinski definition) is 0. The minimum Gasteiger partial charge on any atom is -0.424 e. The van der Waals surface area contributed by atoms with Gasteiger partial charge in [-0.05, 0) is 43.7 Å². The molecule has 8 heteroatoms. The number of hydrogen-bond acceptors (Lipinski definition) is 7. The van der Waals surface area contributed by atoms with Crippen molar-refractivity contribution in [2.24, 2.45) is 0 Å².